The first kappa shape index (κ1) is 13.4. The molecule has 0 aromatic heterocycles. The zero-order valence-electron chi connectivity index (χ0n) is 9.50. The average Bonchev–Trinajstić information content (AvgIpc) is 2.29. The number of rotatable bonds is 2. The van der Waals surface area contributed by atoms with E-state index in [0.717, 1.165) is 0 Å². The highest BCUT2D eigenvalue weighted by molar-refractivity contribution is 5.87. The smallest absolute Gasteiger partial charge is 0.153 e. The lowest BCUT2D eigenvalue weighted by Gasteiger charge is -2.07. The van der Waals surface area contributed by atoms with Crippen LogP contribution in [0, 0.1) is 13.8 Å². The number of aromatic hydroxyl groups is 1. The first-order chi connectivity index (χ1) is 7.11. The topological polar surface area (TPSA) is 54.4 Å². The predicted molar refractivity (Wildman–Crippen MR) is 59.7 cm³/mol. The third-order valence-electron chi connectivity index (χ3n) is 2.19. The Morgan fingerprint density at radius 3 is 1.87 bits per heavy atom. The molecule has 3 nitrogen and oxygen atoms in total. The van der Waals surface area contributed by atoms with Crippen molar-refractivity contribution in [2.75, 3.05) is 0 Å². The second-order valence-electron chi connectivity index (χ2n) is 2.89. The fourth-order valence-electron chi connectivity index (χ4n) is 1.17. The molecule has 3 heteroatoms. The molecule has 0 saturated heterocycles. The van der Waals surface area contributed by atoms with Crippen LogP contribution in [0.1, 0.15) is 45.7 Å². The van der Waals surface area contributed by atoms with Crippen molar-refractivity contribution in [3.8, 4) is 5.75 Å². The molecule has 15 heavy (non-hydrogen) atoms. The molecule has 82 valence electrons. The van der Waals surface area contributed by atoms with Crippen molar-refractivity contribution in [2.24, 2.45) is 0 Å². The molecule has 0 heterocycles. The molecule has 0 aliphatic heterocycles. The van der Waals surface area contributed by atoms with Crippen LogP contribution in [0.25, 0.3) is 0 Å². The van der Waals surface area contributed by atoms with E-state index in [-0.39, 0.29) is 11.3 Å². The molecule has 1 aromatic carbocycles. The van der Waals surface area contributed by atoms with Gasteiger partial charge in [-0.05, 0) is 31.0 Å². The summed E-state index contributed by atoms with van der Waals surface area (Å²) in [4.78, 5) is 21.0. The Hall–Kier alpha value is -1.64. The van der Waals surface area contributed by atoms with E-state index in [2.05, 4.69) is 0 Å². The standard InChI is InChI=1S/C10H10O3.C2H6/c1-6-7(2)10(13)9(5-12)3-8(6)4-11;1-2/h3-5,13H,1-2H3;1-2H3. The van der Waals surface area contributed by atoms with E-state index in [4.69, 9.17) is 0 Å². The molecular formula is C12H16O3. The van der Waals surface area contributed by atoms with Crippen LogP contribution in [-0.4, -0.2) is 17.7 Å². The lowest BCUT2D eigenvalue weighted by molar-refractivity contribution is 0.112. The third kappa shape index (κ3) is 2.65. The van der Waals surface area contributed by atoms with Crippen LogP contribution < -0.4 is 0 Å². The fourth-order valence-corrected chi connectivity index (χ4v) is 1.17. The number of carbonyl (C=O) groups is 2. The lowest BCUT2D eigenvalue weighted by Crippen LogP contribution is -1.95. The molecule has 0 aliphatic rings. The quantitative estimate of drug-likeness (QED) is 0.760. The van der Waals surface area contributed by atoms with Crippen LogP contribution in [-0.2, 0) is 0 Å². The Balaban J connectivity index is 0.000000921. The van der Waals surface area contributed by atoms with Crippen molar-refractivity contribution in [3.63, 3.8) is 0 Å². The van der Waals surface area contributed by atoms with Gasteiger partial charge in [0, 0.05) is 5.56 Å². The van der Waals surface area contributed by atoms with Crippen LogP contribution in [0.3, 0.4) is 0 Å². The maximum Gasteiger partial charge on any atom is 0.153 e. The van der Waals surface area contributed by atoms with Gasteiger partial charge < -0.3 is 5.11 Å². The van der Waals surface area contributed by atoms with Crippen LogP contribution in [0.5, 0.6) is 5.75 Å². The van der Waals surface area contributed by atoms with E-state index in [0.29, 0.717) is 29.3 Å². The van der Waals surface area contributed by atoms with Gasteiger partial charge in [-0.1, -0.05) is 13.8 Å². The van der Waals surface area contributed by atoms with Gasteiger partial charge in [-0.2, -0.15) is 0 Å². The van der Waals surface area contributed by atoms with Crippen LogP contribution >= 0.6 is 0 Å². The second kappa shape index (κ2) is 5.96. The summed E-state index contributed by atoms with van der Waals surface area (Å²) in [5.41, 5.74) is 1.88. The highest BCUT2D eigenvalue weighted by Gasteiger charge is 2.10. The normalized spacial score (nSPS) is 8.80. The monoisotopic (exact) mass is 208 g/mol. The van der Waals surface area contributed by atoms with Gasteiger partial charge in [-0.3, -0.25) is 9.59 Å². The van der Waals surface area contributed by atoms with Gasteiger partial charge in [-0.15, -0.1) is 0 Å². The molecule has 0 aliphatic carbocycles. The summed E-state index contributed by atoms with van der Waals surface area (Å²) in [5.74, 6) is -0.0434. The van der Waals surface area contributed by atoms with Gasteiger partial charge in [0.25, 0.3) is 0 Å². The summed E-state index contributed by atoms with van der Waals surface area (Å²) in [5, 5.41) is 9.45. The van der Waals surface area contributed by atoms with Crippen molar-refractivity contribution >= 4 is 12.6 Å². The van der Waals surface area contributed by atoms with E-state index in [1.165, 1.54) is 6.07 Å². The Morgan fingerprint density at radius 2 is 1.47 bits per heavy atom. The molecule has 0 radical (unpaired) electrons. The SMILES string of the molecule is CC.Cc1c(C=O)cc(C=O)c(O)c1C. The summed E-state index contributed by atoms with van der Waals surface area (Å²) in [7, 11) is 0. The number of hydrogen-bond donors (Lipinski definition) is 1. The summed E-state index contributed by atoms with van der Waals surface area (Å²) >= 11 is 0. The summed E-state index contributed by atoms with van der Waals surface area (Å²) < 4.78 is 0. The minimum Gasteiger partial charge on any atom is -0.507 e. The highest BCUT2D eigenvalue weighted by atomic mass is 16.3. The van der Waals surface area contributed by atoms with Gasteiger partial charge >= 0.3 is 0 Å². The predicted octanol–water partition coefficient (Wildman–Crippen LogP) is 2.66. The van der Waals surface area contributed by atoms with Gasteiger partial charge in [0.1, 0.15) is 12.0 Å². The number of phenolic OH excluding ortho intramolecular Hbond substituents is 1. The van der Waals surface area contributed by atoms with Crippen molar-refractivity contribution in [1.82, 2.24) is 0 Å². The summed E-state index contributed by atoms with van der Waals surface area (Å²) in [6, 6.07) is 1.39. The number of hydrogen-bond acceptors (Lipinski definition) is 3. The number of benzene rings is 1. The molecule has 0 fully saturated rings. The summed E-state index contributed by atoms with van der Waals surface area (Å²) in [6.45, 7) is 7.40. The molecule has 0 spiro atoms. The molecule has 0 bridgehead atoms. The van der Waals surface area contributed by atoms with Crippen LogP contribution in [0.2, 0.25) is 0 Å². The van der Waals surface area contributed by atoms with Crippen molar-refractivity contribution in [2.45, 2.75) is 27.7 Å². The molecule has 0 unspecified atom stereocenters. The Labute approximate surface area is 89.7 Å². The van der Waals surface area contributed by atoms with Gasteiger partial charge in [-0.25, -0.2) is 0 Å². The van der Waals surface area contributed by atoms with Crippen molar-refractivity contribution < 1.29 is 14.7 Å². The van der Waals surface area contributed by atoms with Gasteiger partial charge in [0.2, 0.25) is 0 Å². The molecule has 0 saturated carbocycles. The first-order valence-corrected chi connectivity index (χ1v) is 4.85. The number of phenols is 1. The van der Waals surface area contributed by atoms with E-state index < -0.39 is 0 Å². The molecule has 1 N–H and O–H groups in total. The zero-order valence-corrected chi connectivity index (χ0v) is 9.50. The molecule has 1 aromatic rings. The molecular weight excluding hydrogens is 192 g/mol. The Bertz CT molecular complexity index is 335. The zero-order chi connectivity index (χ0) is 12.0. The van der Waals surface area contributed by atoms with Gasteiger partial charge in [0.15, 0.2) is 6.29 Å². The van der Waals surface area contributed by atoms with Gasteiger partial charge in [0.05, 0.1) is 5.56 Å². The van der Waals surface area contributed by atoms with E-state index in [1.54, 1.807) is 13.8 Å². The first-order valence-electron chi connectivity index (χ1n) is 4.85. The summed E-state index contributed by atoms with van der Waals surface area (Å²) in [6.07, 6.45) is 1.21. The number of carbonyl (C=O) groups excluding carboxylic acids is 2. The maximum atomic E-state index is 10.6. The van der Waals surface area contributed by atoms with E-state index >= 15 is 0 Å². The van der Waals surface area contributed by atoms with Crippen molar-refractivity contribution in [1.29, 1.82) is 0 Å². The minimum atomic E-state index is -0.0434. The molecule has 0 amide bonds. The number of aldehydes is 2. The Morgan fingerprint density at radius 1 is 1.00 bits per heavy atom. The average molecular weight is 208 g/mol. The largest absolute Gasteiger partial charge is 0.507 e. The molecule has 0 atom stereocenters. The Kier molecular flexibility index (Phi) is 5.31. The van der Waals surface area contributed by atoms with Crippen LogP contribution in [0.15, 0.2) is 6.07 Å². The van der Waals surface area contributed by atoms with E-state index in [9.17, 15) is 14.7 Å². The van der Waals surface area contributed by atoms with Crippen molar-refractivity contribution in [3.05, 3.63) is 28.3 Å². The maximum absolute atomic E-state index is 10.6. The lowest BCUT2D eigenvalue weighted by atomic mass is 9.99. The second-order valence-corrected chi connectivity index (χ2v) is 2.89. The third-order valence-corrected chi connectivity index (χ3v) is 2.19. The highest BCUT2D eigenvalue weighted by Crippen LogP contribution is 2.25. The minimum absolute atomic E-state index is 0.0434. The van der Waals surface area contributed by atoms with Crippen LogP contribution in [0.4, 0.5) is 0 Å². The fraction of sp³-hybridized carbons (Fsp3) is 0.333. The molecule has 1 rings (SSSR count). The van der Waals surface area contributed by atoms with E-state index in [1.807, 2.05) is 13.8 Å².